The molecule has 0 aliphatic carbocycles. The lowest BCUT2D eigenvalue weighted by Crippen LogP contribution is -2.33. The summed E-state index contributed by atoms with van der Waals surface area (Å²) < 4.78 is 20.3. The van der Waals surface area contributed by atoms with E-state index in [1.165, 1.54) is 24.0 Å². The predicted molar refractivity (Wildman–Crippen MR) is 125 cm³/mol. The van der Waals surface area contributed by atoms with Crippen molar-refractivity contribution in [2.45, 2.75) is 50.7 Å². The van der Waals surface area contributed by atoms with Gasteiger partial charge in [0.1, 0.15) is 17.2 Å². The summed E-state index contributed by atoms with van der Waals surface area (Å²) in [7, 11) is 0. The molecule has 1 aliphatic heterocycles. The molecule has 0 aromatic heterocycles. The van der Waals surface area contributed by atoms with Crippen LogP contribution in [-0.2, 0) is 9.63 Å². The first-order valence-corrected chi connectivity index (χ1v) is 11.1. The fourth-order valence-corrected chi connectivity index (χ4v) is 3.64. The van der Waals surface area contributed by atoms with Crippen molar-refractivity contribution in [3.05, 3.63) is 41.7 Å². The van der Waals surface area contributed by atoms with Crippen molar-refractivity contribution in [2.24, 2.45) is 10.1 Å². The molecule has 0 saturated heterocycles. The quantitative estimate of drug-likeness (QED) is 0.345. The van der Waals surface area contributed by atoms with Crippen LogP contribution in [0.3, 0.4) is 0 Å². The van der Waals surface area contributed by atoms with E-state index in [9.17, 15) is 9.18 Å². The van der Waals surface area contributed by atoms with Gasteiger partial charge in [0.15, 0.2) is 0 Å². The van der Waals surface area contributed by atoms with Gasteiger partial charge in [-0.1, -0.05) is 17.1 Å². The van der Waals surface area contributed by atoms with Crippen molar-refractivity contribution >= 4 is 40.2 Å². The summed E-state index contributed by atoms with van der Waals surface area (Å²) in [4.78, 5) is 22.6. The van der Waals surface area contributed by atoms with Crippen LogP contribution in [0.15, 0.2) is 40.5 Å². The third kappa shape index (κ3) is 5.26. The van der Waals surface area contributed by atoms with Crippen LogP contribution in [0.1, 0.15) is 39.7 Å². The summed E-state index contributed by atoms with van der Waals surface area (Å²) >= 11 is 1.20. The minimum Gasteiger partial charge on any atom is -0.471 e. The molecule has 5 nitrogen and oxygen atoms in total. The number of benzene rings is 2. The number of ketones is 1. The number of nitrogens with zero attached hydrogens (tertiary/aromatic N) is 2. The zero-order valence-electron chi connectivity index (χ0n) is 18.2. The number of carbonyl (C=O) groups is 1. The Bertz CT molecular complexity index is 1120. The van der Waals surface area contributed by atoms with Gasteiger partial charge in [-0.25, -0.2) is 4.39 Å². The number of fused-ring (bicyclic) bond motifs is 1. The lowest BCUT2D eigenvalue weighted by molar-refractivity contribution is -0.115. The maximum absolute atomic E-state index is 14.5. The molecule has 1 unspecified atom stereocenters. The largest absolute Gasteiger partial charge is 0.471 e. The Hall–Kier alpha value is -2.85. The Labute approximate surface area is 186 Å². The highest BCUT2D eigenvalue weighted by atomic mass is 32.2. The summed E-state index contributed by atoms with van der Waals surface area (Å²) in [6.07, 6.45) is 9.06. The topological polar surface area (TPSA) is 60.2 Å². The molecule has 1 heterocycles. The van der Waals surface area contributed by atoms with Crippen molar-refractivity contribution in [1.29, 1.82) is 0 Å². The van der Waals surface area contributed by atoms with Crippen molar-refractivity contribution in [2.75, 3.05) is 6.26 Å². The highest BCUT2D eigenvalue weighted by Crippen LogP contribution is 2.30. The number of hydrogen-bond donors (Lipinski definition) is 0. The van der Waals surface area contributed by atoms with Crippen LogP contribution in [0.4, 0.5) is 4.39 Å². The fourth-order valence-electron chi connectivity index (χ4n) is 3.14. The second-order valence-electron chi connectivity index (χ2n) is 8.46. The molecular weight excluding hydrogens is 415 g/mol. The van der Waals surface area contributed by atoms with E-state index >= 15 is 0 Å². The van der Waals surface area contributed by atoms with Crippen molar-refractivity contribution in [1.82, 2.24) is 0 Å². The first-order valence-electron chi connectivity index (χ1n) is 9.78. The monoisotopic (exact) mass is 440 g/mol. The maximum Gasteiger partial charge on any atom is 0.224 e. The highest BCUT2D eigenvalue weighted by molar-refractivity contribution is 7.99. The van der Waals surface area contributed by atoms with E-state index in [2.05, 4.69) is 16.1 Å². The van der Waals surface area contributed by atoms with Crippen molar-refractivity contribution in [3.63, 3.8) is 0 Å². The van der Waals surface area contributed by atoms with E-state index in [0.717, 1.165) is 5.71 Å². The fraction of sp³-hybridized carbons (Fsp3) is 0.375. The first-order chi connectivity index (χ1) is 14.5. The van der Waals surface area contributed by atoms with Crippen LogP contribution in [0.5, 0.6) is 5.75 Å². The molecule has 0 fully saturated rings. The van der Waals surface area contributed by atoms with E-state index in [0.29, 0.717) is 22.8 Å². The van der Waals surface area contributed by atoms with E-state index in [1.54, 1.807) is 30.5 Å². The number of terminal acetylenes is 1. The Balaban J connectivity index is 1.77. The molecule has 1 atom stereocenters. The average molecular weight is 441 g/mol. The minimum atomic E-state index is -0.870. The Morgan fingerprint density at radius 3 is 2.77 bits per heavy atom. The van der Waals surface area contributed by atoms with Crippen LogP contribution >= 0.6 is 11.8 Å². The number of hydrogen-bond acceptors (Lipinski definition) is 6. The molecule has 0 bridgehead atoms. The minimum absolute atomic E-state index is 0.245. The third-order valence-electron chi connectivity index (χ3n) is 4.95. The summed E-state index contributed by atoms with van der Waals surface area (Å²) in [5, 5.41) is 5.16. The number of oxime groups is 1. The standard InChI is InChI=1S/C24H25FN2O3S/c1-7-15-8-9-18-16(10-15)11-17(12-19(18)25)29-22(31-6)20(28)14-26-24(4,5)21-13-23(2,3)30-27-21/h1,8-12,14,22H,13H2,2-6H3. The van der Waals surface area contributed by atoms with Gasteiger partial charge in [-0.2, -0.15) is 0 Å². The molecular formula is C24H25FN2O3S. The molecule has 0 spiro atoms. The zero-order valence-corrected chi connectivity index (χ0v) is 19.0. The lowest BCUT2D eigenvalue weighted by Gasteiger charge is -2.21. The number of rotatable bonds is 7. The van der Waals surface area contributed by atoms with Gasteiger partial charge in [-0.15, -0.1) is 18.2 Å². The second kappa shape index (κ2) is 8.72. The first kappa shape index (κ1) is 22.8. The molecule has 1 aliphatic rings. The van der Waals surface area contributed by atoms with Gasteiger partial charge in [0.05, 0.1) is 17.5 Å². The maximum atomic E-state index is 14.5. The number of carbonyl (C=O) groups excluding carboxylic acids is 1. The average Bonchev–Trinajstić information content (AvgIpc) is 3.10. The molecule has 0 saturated carbocycles. The Kier molecular flexibility index (Phi) is 6.42. The van der Waals surface area contributed by atoms with Crippen LogP contribution in [0.2, 0.25) is 0 Å². The molecule has 31 heavy (non-hydrogen) atoms. The zero-order chi connectivity index (χ0) is 22.8. The summed E-state index contributed by atoms with van der Waals surface area (Å²) in [6.45, 7) is 7.64. The molecule has 7 heteroatoms. The van der Waals surface area contributed by atoms with Gasteiger partial charge in [-0.3, -0.25) is 9.79 Å². The predicted octanol–water partition coefficient (Wildman–Crippen LogP) is 5.00. The van der Waals surface area contributed by atoms with Crippen LogP contribution < -0.4 is 4.74 Å². The number of halogens is 1. The Morgan fingerprint density at radius 1 is 1.42 bits per heavy atom. The molecule has 0 radical (unpaired) electrons. The van der Waals surface area contributed by atoms with Gasteiger partial charge in [-0.05, 0) is 57.5 Å². The number of aliphatic imine (C=N–C) groups is 1. The highest BCUT2D eigenvalue weighted by Gasteiger charge is 2.37. The molecule has 0 amide bonds. The summed E-state index contributed by atoms with van der Waals surface area (Å²) in [5.74, 6) is 1.99. The molecule has 162 valence electrons. The van der Waals surface area contributed by atoms with Crippen LogP contribution in [0, 0.1) is 18.2 Å². The molecule has 0 N–H and O–H groups in total. The van der Waals surface area contributed by atoms with E-state index in [4.69, 9.17) is 16.0 Å². The second-order valence-corrected chi connectivity index (χ2v) is 9.36. The smallest absolute Gasteiger partial charge is 0.224 e. The van der Waals surface area contributed by atoms with Gasteiger partial charge in [0.2, 0.25) is 11.2 Å². The van der Waals surface area contributed by atoms with Crippen molar-refractivity contribution < 1.29 is 18.8 Å². The Morgan fingerprint density at radius 2 is 2.16 bits per heavy atom. The van der Waals surface area contributed by atoms with Crippen LogP contribution in [0.25, 0.3) is 10.8 Å². The molecule has 2 aromatic carbocycles. The molecule has 3 rings (SSSR count). The van der Waals surface area contributed by atoms with Gasteiger partial charge >= 0.3 is 0 Å². The van der Waals surface area contributed by atoms with E-state index in [1.807, 2.05) is 27.7 Å². The summed E-state index contributed by atoms with van der Waals surface area (Å²) in [5.41, 5.74) is -0.531. The number of Topliss-reactive ketones (excluding diaryl/α,β-unsaturated/α-hetero) is 1. The SMILES string of the molecule is C#Cc1ccc2c(F)cc(OC(SC)C(=O)C=NC(C)(C)C3=NOC(C)(C)C3)cc2c1. The van der Waals surface area contributed by atoms with Gasteiger partial charge < -0.3 is 9.57 Å². The van der Waals surface area contributed by atoms with Crippen LogP contribution in [-0.4, -0.2) is 40.5 Å². The van der Waals surface area contributed by atoms with Gasteiger partial charge in [0, 0.05) is 23.4 Å². The number of thioether (sulfide) groups is 1. The van der Waals surface area contributed by atoms with E-state index in [-0.39, 0.29) is 17.1 Å². The summed E-state index contributed by atoms with van der Waals surface area (Å²) in [6, 6.07) is 7.95. The molecule has 2 aromatic rings. The van der Waals surface area contributed by atoms with E-state index < -0.39 is 16.8 Å². The number of ether oxygens (including phenoxy) is 1. The van der Waals surface area contributed by atoms with Crippen molar-refractivity contribution in [3.8, 4) is 18.1 Å². The van der Waals surface area contributed by atoms with Gasteiger partial charge in [0.25, 0.3) is 0 Å². The normalized spacial score (nSPS) is 16.6. The third-order valence-corrected chi connectivity index (χ3v) is 5.71. The lowest BCUT2D eigenvalue weighted by atomic mass is 9.90.